The maximum absolute atomic E-state index is 14.6. The predicted molar refractivity (Wildman–Crippen MR) is 127 cm³/mol. The van der Waals surface area contributed by atoms with Crippen molar-refractivity contribution >= 4 is 0 Å². The molecule has 0 unspecified atom stereocenters. The van der Waals surface area contributed by atoms with E-state index in [2.05, 4.69) is 13.8 Å². The van der Waals surface area contributed by atoms with Crippen molar-refractivity contribution in [2.45, 2.75) is 110 Å². The van der Waals surface area contributed by atoms with E-state index in [1.54, 1.807) is 6.07 Å². The van der Waals surface area contributed by atoms with Crippen molar-refractivity contribution in [3.05, 3.63) is 35.1 Å². The van der Waals surface area contributed by atoms with E-state index in [0.717, 1.165) is 49.0 Å². The number of aryl methyl sites for hydroxylation is 1. The second-order valence-corrected chi connectivity index (χ2v) is 10.1. The van der Waals surface area contributed by atoms with Crippen molar-refractivity contribution in [1.82, 2.24) is 0 Å². The molecule has 1 aromatic rings. The number of ether oxygens (including phenoxy) is 2. The highest BCUT2D eigenvalue weighted by Gasteiger charge is 2.32. The molecule has 0 bridgehead atoms. The van der Waals surface area contributed by atoms with Crippen molar-refractivity contribution in [2.24, 2.45) is 17.8 Å². The molecule has 2 nitrogen and oxygen atoms in total. The highest BCUT2D eigenvalue weighted by molar-refractivity contribution is 5.25. The van der Waals surface area contributed by atoms with E-state index in [1.165, 1.54) is 77.0 Å². The van der Waals surface area contributed by atoms with E-state index in [9.17, 15) is 4.39 Å². The fraction of sp³-hybridized carbons (Fsp3) is 0.786. The molecule has 1 aliphatic carbocycles. The van der Waals surface area contributed by atoms with Crippen LogP contribution in [-0.4, -0.2) is 13.2 Å². The summed E-state index contributed by atoms with van der Waals surface area (Å²) in [5.41, 5.74) is 1.65. The molecule has 1 saturated carbocycles. The van der Waals surface area contributed by atoms with Gasteiger partial charge in [0, 0.05) is 11.5 Å². The zero-order chi connectivity index (χ0) is 21.9. The number of halogens is 1. The number of hydrogen-bond acceptors (Lipinski definition) is 2. The predicted octanol–water partition coefficient (Wildman–Crippen LogP) is 8.39. The summed E-state index contributed by atoms with van der Waals surface area (Å²) in [6.45, 7) is 5.99. The van der Waals surface area contributed by atoms with E-state index in [-0.39, 0.29) is 5.82 Å². The largest absolute Gasteiger partial charge is 0.348 e. The molecule has 0 radical (unpaired) electrons. The average Bonchev–Trinajstić information content (AvgIpc) is 2.80. The monoisotopic (exact) mass is 432 g/mol. The van der Waals surface area contributed by atoms with Crippen LogP contribution in [0.3, 0.4) is 0 Å². The fourth-order valence-corrected chi connectivity index (χ4v) is 5.45. The Hall–Kier alpha value is -0.930. The highest BCUT2D eigenvalue weighted by Crippen LogP contribution is 2.39. The molecule has 3 heteroatoms. The van der Waals surface area contributed by atoms with Gasteiger partial charge < -0.3 is 9.47 Å². The number of rotatable bonds is 12. The maximum atomic E-state index is 14.6. The molecule has 176 valence electrons. The van der Waals surface area contributed by atoms with Crippen molar-refractivity contribution in [3.63, 3.8) is 0 Å². The lowest BCUT2D eigenvalue weighted by Crippen LogP contribution is -2.34. The average molecular weight is 433 g/mol. The van der Waals surface area contributed by atoms with Gasteiger partial charge in [-0.15, -0.1) is 0 Å². The van der Waals surface area contributed by atoms with Gasteiger partial charge >= 0.3 is 0 Å². The van der Waals surface area contributed by atoms with Gasteiger partial charge in [0.05, 0.1) is 13.2 Å². The van der Waals surface area contributed by atoms with Gasteiger partial charge in [0.1, 0.15) is 5.82 Å². The summed E-state index contributed by atoms with van der Waals surface area (Å²) in [5.74, 6) is 2.06. The van der Waals surface area contributed by atoms with Crippen LogP contribution in [0.2, 0.25) is 0 Å². The minimum atomic E-state index is -0.408. The lowest BCUT2D eigenvalue weighted by molar-refractivity contribution is -0.214. The van der Waals surface area contributed by atoms with Crippen LogP contribution < -0.4 is 0 Å². The third-order valence-corrected chi connectivity index (χ3v) is 7.60. The first kappa shape index (κ1) is 24.7. The third-order valence-electron chi connectivity index (χ3n) is 7.60. The van der Waals surface area contributed by atoms with E-state index >= 15 is 0 Å². The van der Waals surface area contributed by atoms with Crippen molar-refractivity contribution in [1.29, 1.82) is 0 Å². The van der Waals surface area contributed by atoms with Crippen LogP contribution in [0.25, 0.3) is 0 Å². The molecule has 0 N–H and O–H groups in total. The molecule has 2 fully saturated rings. The van der Waals surface area contributed by atoms with Crippen molar-refractivity contribution in [2.75, 3.05) is 13.2 Å². The van der Waals surface area contributed by atoms with Crippen LogP contribution in [0.5, 0.6) is 0 Å². The van der Waals surface area contributed by atoms with Gasteiger partial charge in [-0.1, -0.05) is 90.2 Å². The molecule has 0 aromatic heterocycles. The van der Waals surface area contributed by atoms with Crippen LogP contribution in [0.15, 0.2) is 18.2 Å². The van der Waals surface area contributed by atoms with Gasteiger partial charge in [-0.3, -0.25) is 0 Å². The van der Waals surface area contributed by atoms with Gasteiger partial charge in [-0.25, -0.2) is 4.39 Å². The van der Waals surface area contributed by atoms with Gasteiger partial charge in [0.15, 0.2) is 6.29 Å². The van der Waals surface area contributed by atoms with Crippen LogP contribution in [0.1, 0.15) is 115 Å². The fourth-order valence-electron chi connectivity index (χ4n) is 5.45. The normalized spacial score (nSPS) is 26.8. The minimum Gasteiger partial charge on any atom is -0.348 e. The molecule has 1 aliphatic heterocycles. The minimum absolute atomic E-state index is 0.108. The SMILES string of the molecule is CCCCCCCc1ccc([C@H]2OC[C@H](C3CCC(CCCCC)CC3)CO2)cc1F. The van der Waals surface area contributed by atoms with Crippen LogP contribution in [0.4, 0.5) is 4.39 Å². The molecule has 0 atom stereocenters. The Morgan fingerprint density at radius 3 is 2.16 bits per heavy atom. The van der Waals surface area contributed by atoms with E-state index in [0.29, 0.717) is 5.92 Å². The summed E-state index contributed by atoms with van der Waals surface area (Å²) in [4.78, 5) is 0. The Kier molecular flexibility index (Phi) is 10.8. The zero-order valence-corrected chi connectivity index (χ0v) is 20.0. The Labute approximate surface area is 190 Å². The number of hydrogen-bond donors (Lipinski definition) is 0. The Morgan fingerprint density at radius 1 is 0.806 bits per heavy atom. The Bertz CT molecular complexity index is 615. The number of unbranched alkanes of at least 4 members (excludes halogenated alkanes) is 6. The molecule has 1 saturated heterocycles. The van der Waals surface area contributed by atoms with E-state index in [1.807, 2.05) is 12.1 Å². The topological polar surface area (TPSA) is 18.5 Å². The molecule has 1 heterocycles. The first-order valence-electron chi connectivity index (χ1n) is 13.2. The highest BCUT2D eigenvalue weighted by atomic mass is 19.1. The van der Waals surface area contributed by atoms with Crippen molar-refractivity contribution < 1.29 is 13.9 Å². The second kappa shape index (κ2) is 13.6. The van der Waals surface area contributed by atoms with Gasteiger partial charge in [0.2, 0.25) is 0 Å². The second-order valence-electron chi connectivity index (χ2n) is 10.1. The Morgan fingerprint density at radius 2 is 1.48 bits per heavy atom. The first-order chi connectivity index (χ1) is 15.2. The summed E-state index contributed by atoms with van der Waals surface area (Å²) in [6, 6.07) is 5.56. The molecule has 31 heavy (non-hydrogen) atoms. The molecular formula is C28H45FO2. The standard InChI is InChI=1S/C28H45FO2/c1-3-5-7-8-10-12-24-17-18-25(19-27(24)29)28-30-20-26(21-31-28)23-15-13-22(14-16-23)11-9-6-4-2/h17-19,22-23,26,28H,3-16,20-21H2,1-2H3/t22?,23?,26-,28-. The smallest absolute Gasteiger partial charge is 0.183 e. The first-order valence-corrected chi connectivity index (χ1v) is 13.2. The molecule has 0 amide bonds. The van der Waals surface area contributed by atoms with Crippen LogP contribution >= 0.6 is 0 Å². The molecule has 1 aromatic carbocycles. The maximum Gasteiger partial charge on any atom is 0.183 e. The van der Waals surface area contributed by atoms with Gasteiger partial charge in [-0.2, -0.15) is 0 Å². The van der Waals surface area contributed by atoms with Gasteiger partial charge in [-0.05, 0) is 49.1 Å². The summed E-state index contributed by atoms with van der Waals surface area (Å²) in [5, 5.41) is 0. The molecule has 3 rings (SSSR count). The number of benzene rings is 1. The van der Waals surface area contributed by atoms with Gasteiger partial charge in [0.25, 0.3) is 0 Å². The van der Waals surface area contributed by atoms with Crippen LogP contribution in [0, 0.1) is 23.6 Å². The molecular weight excluding hydrogens is 387 g/mol. The third kappa shape index (κ3) is 7.86. The summed E-state index contributed by atoms with van der Waals surface area (Å²) in [7, 11) is 0. The van der Waals surface area contributed by atoms with E-state index < -0.39 is 6.29 Å². The van der Waals surface area contributed by atoms with E-state index in [4.69, 9.17) is 9.47 Å². The lowest BCUT2D eigenvalue weighted by Gasteiger charge is -2.38. The lowest BCUT2D eigenvalue weighted by atomic mass is 9.74. The van der Waals surface area contributed by atoms with Crippen LogP contribution in [-0.2, 0) is 15.9 Å². The summed E-state index contributed by atoms with van der Waals surface area (Å²) < 4.78 is 26.7. The summed E-state index contributed by atoms with van der Waals surface area (Å²) >= 11 is 0. The zero-order valence-electron chi connectivity index (χ0n) is 20.0. The quantitative estimate of drug-likeness (QED) is 0.309. The molecule has 0 spiro atoms. The van der Waals surface area contributed by atoms with Crippen molar-refractivity contribution in [3.8, 4) is 0 Å². The molecule has 2 aliphatic rings. The summed E-state index contributed by atoms with van der Waals surface area (Å²) in [6.07, 6.45) is 17.3. The Balaban J connectivity index is 1.39.